The third-order valence-electron chi connectivity index (χ3n) is 5.26. The van der Waals surface area contributed by atoms with Crippen molar-refractivity contribution in [1.82, 2.24) is 14.8 Å². The average molecular weight is 390 g/mol. The molecule has 0 spiro atoms. The average Bonchev–Trinajstić information content (AvgIpc) is 3.44. The third-order valence-corrected chi connectivity index (χ3v) is 5.26. The summed E-state index contributed by atoms with van der Waals surface area (Å²) in [5, 5.41) is 8.46. The largest absolute Gasteiger partial charge is 0.322 e. The normalized spacial score (nSPS) is 14.2. The predicted octanol–water partition coefficient (Wildman–Crippen LogP) is 4.83. The topological polar surface area (TPSA) is 76.9 Å². The summed E-state index contributed by atoms with van der Waals surface area (Å²) in [4.78, 5) is 29.6. The first-order valence-corrected chi connectivity index (χ1v) is 9.98. The van der Waals surface area contributed by atoms with Crippen molar-refractivity contribution >= 4 is 28.4 Å². The molecule has 1 N–H and O–H groups in total. The standard InChI is InChI=1S/C23H26N4O2/c1-13-20-18(22(29)24-17-10-8-15(9-11-17)14(2)28)12-19(16-6-7-16)25-21(20)27(26-13)23(3,4)5/h8-12,16H,6-7H2,1-5H3,(H,24,29). The van der Waals surface area contributed by atoms with Gasteiger partial charge in [-0.2, -0.15) is 5.10 Å². The highest BCUT2D eigenvalue weighted by molar-refractivity contribution is 6.12. The second-order valence-electron chi connectivity index (χ2n) is 8.82. The van der Waals surface area contributed by atoms with Gasteiger partial charge in [0.1, 0.15) is 0 Å². The van der Waals surface area contributed by atoms with Gasteiger partial charge in [-0.3, -0.25) is 9.59 Å². The number of carbonyl (C=O) groups excluding carboxylic acids is 2. The number of nitrogens with zero attached hydrogens (tertiary/aromatic N) is 3. The number of ketones is 1. The third kappa shape index (κ3) is 3.67. The van der Waals surface area contributed by atoms with Gasteiger partial charge in [0, 0.05) is 22.9 Å². The number of hydrogen-bond acceptors (Lipinski definition) is 4. The number of pyridine rings is 1. The Balaban J connectivity index is 1.78. The van der Waals surface area contributed by atoms with Crippen LogP contribution in [0.15, 0.2) is 30.3 Å². The van der Waals surface area contributed by atoms with Crippen LogP contribution in [0.5, 0.6) is 0 Å². The van der Waals surface area contributed by atoms with E-state index in [9.17, 15) is 9.59 Å². The molecule has 6 nitrogen and oxygen atoms in total. The van der Waals surface area contributed by atoms with Gasteiger partial charge in [-0.15, -0.1) is 0 Å². The highest BCUT2D eigenvalue weighted by Gasteiger charge is 2.30. The lowest BCUT2D eigenvalue weighted by molar-refractivity contribution is 0.101. The lowest BCUT2D eigenvalue weighted by Gasteiger charge is -2.20. The molecular formula is C23H26N4O2. The van der Waals surface area contributed by atoms with Crippen molar-refractivity contribution in [2.24, 2.45) is 0 Å². The van der Waals surface area contributed by atoms with E-state index in [1.54, 1.807) is 24.3 Å². The number of benzene rings is 1. The van der Waals surface area contributed by atoms with E-state index in [0.717, 1.165) is 35.3 Å². The van der Waals surface area contributed by atoms with E-state index in [1.807, 2.05) is 17.7 Å². The van der Waals surface area contributed by atoms with Crippen LogP contribution in [-0.2, 0) is 5.54 Å². The molecule has 0 aliphatic heterocycles. The van der Waals surface area contributed by atoms with Crippen LogP contribution in [0.2, 0.25) is 0 Å². The summed E-state index contributed by atoms with van der Waals surface area (Å²) in [5.74, 6) is 0.230. The molecule has 2 heterocycles. The number of carbonyl (C=O) groups is 2. The molecule has 0 bridgehead atoms. The van der Waals surface area contributed by atoms with Gasteiger partial charge in [0.2, 0.25) is 0 Å². The van der Waals surface area contributed by atoms with Crippen LogP contribution >= 0.6 is 0 Å². The van der Waals surface area contributed by atoms with Crippen LogP contribution in [0.25, 0.3) is 11.0 Å². The highest BCUT2D eigenvalue weighted by Crippen LogP contribution is 2.41. The molecule has 0 unspecified atom stereocenters. The van der Waals surface area contributed by atoms with Crippen molar-refractivity contribution in [3.05, 3.63) is 52.8 Å². The van der Waals surface area contributed by atoms with E-state index >= 15 is 0 Å². The Hall–Kier alpha value is -3.02. The molecule has 6 heteroatoms. The maximum absolute atomic E-state index is 13.2. The van der Waals surface area contributed by atoms with Crippen molar-refractivity contribution in [2.75, 3.05) is 5.32 Å². The van der Waals surface area contributed by atoms with Gasteiger partial charge in [0.25, 0.3) is 5.91 Å². The Morgan fingerprint density at radius 3 is 2.34 bits per heavy atom. The maximum Gasteiger partial charge on any atom is 0.256 e. The van der Waals surface area contributed by atoms with Crippen molar-refractivity contribution < 1.29 is 9.59 Å². The van der Waals surface area contributed by atoms with Crippen LogP contribution in [0.1, 0.15) is 78.6 Å². The minimum Gasteiger partial charge on any atom is -0.322 e. The van der Waals surface area contributed by atoms with Gasteiger partial charge in [0.15, 0.2) is 11.4 Å². The summed E-state index contributed by atoms with van der Waals surface area (Å²) in [6, 6.07) is 8.86. The highest BCUT2D eigenvalue weighted by atomic mass is 16.1. The minimum absolute atomic E-state index is 0.00184. The number of rotatable bonds is 4. The van der Waals surface area contributed by atoms with Crippen molar-refractivity contribution in [3.63, 3.8) is 0 Å². The molecule has 1 saturated carbocycles. The van der Waals surface area contributed by atoms with E-state index < -0.39 is 0 Å². The van der Waals surface area contributed by atoms with E-state index in [-0.39, 0.29) is 17.2 Å². The van der Waals surface area contributed by atoms with Crippen LogP contribution in [-0.4, -0.2) is 26.5 Å². The Morgan fingerprint density at radius 2 is 1.79 bits per heavy atom. The van der Waals surface area contributed by atoms with Crippen LogP contribution < -0.4 is 5.32 Å². The van der Waals surface area contributed by atoms with Gasteiger partial charge in [-0.25, -0.2) is 9.67 Å². The molecule has 1 aliphatic carbocycles. The van der Waals surface area contributed by atoms with Crippen molar-refractivity contribution in [2.45, 2.75) is 58.9 Å². The number of aryl methyl sites for hydroxylation is 1. The summed E-state index contributed by atoms with van der Waals surface area (Å²) < 4.78 is 1.92. The SMILES string of the molecule is CC(=O)c1ccc(NC(=O)c2cc(C3CC3)nc3c2c(C)nn3C(C)(C)C)cc1. The molecule has 150 valence electrons. The van der Waals surface area contributed by atoms with E-state index in [4.69, 9.17) is 10.1 Å². The molecule has 29 heavy (non-hydrogen) atoms. The van der Waals surface area contributed by atoms with Crippen LogP contribution in [0, 0.1) is 6.92 Å². The molecule has 0 radical (unpaired) electrons. The lowest BCUT2D eigenvalue weighted by atomic mass is 10.1. The van der Waals surface area contributed by atoms with Crippen molar-refractivity contribution in [1.29, 1.82) is 0 Å². The molecule has 2 aromatic heterocycles. The number of fused-ring (bicyclic) bond motifs is 1. The number of Topliss-reactive ketones (excluding diaryl/α,β-unsaturated/α-hetero) is 1. The maximum atomic E-state index is 13.2. The second-order valence-corrected chi connectivity index (χ2v) is 8.82. The van der Waals surface area contributed by atoms with Gasteiger partial charge in [-0.05, 0) is 77.8 Å². The fourth-order valence-electron chi connectivity index (χ4n) is 3.53. The fourth-order valence-corrected chi connectivity index (χ4v) is 3.53. The Morgan fingerprint density at radius 1 is 1.14 bits per heavy atom. The van der Waals surface area contributed by atoms with Gasteiger partial charge < -0.3 is 5.32 Å². The summed E-state index contributed by atoms with van der Waals surface area (Å²) >= 11 is 0. The van der Waals surface area contributed by atoms with Crippen LogP contribution in [0.3, 0.4) is 0 Å². The molecule has 1 amide bonds. The number of anilines is 1. The Bertz CT molecular complexity index is 1120. The first-order chi connectivity index (χ1) is 13.6. The van der Waals surface area contributed by atoms with Gasteiger partial charge >= 0.3 is 0 Å². The van der Waals surface area contributed by atoms with Gasteiger partial charge in [-0.1, -0.05) is 0 Å². The fraction of sp³-hybridized carbons (Fsp3) is 0.391. The molecule has 0 atom stereocenters. The number of hydrogen-bond donors (Lipinski definition) is 1. The van der Waals surface area contributed by atoms with E-state index in [0.29, 0.717) is 22.7 Å². The smallest absolute Gasteiger partial charge is 0.256 e. The summed E-state index contributed by atoms with van der Waals surface area (Å²) in [5.41, 5.74) is 4.14. The Kier molecular flexibility index (Phi) is 4.52. The van der Waals surface area contributed by atoms with Crippen molar-refractivity contribution in [3.8, 4) is 0 Å². The Labute approximate surface area is 170 Å². The number of nitrogens with one attached hydrogen (secondary N) is 1. The van der Waals surface area contributed by atoms with E-state index in [2.05, 4.69) is 26.1 Å². The molecule has 1 aliphatic rings. The van der Waals surface area contributed by atoms with E-state index in [1.165, 1.54) is 6.92 Å². The predicted molar refractivity (Wildman–Crippen MR) is 114 cm³/mol. The monoisotopic (exact) mass is 390 g/mol. The molecule has 0 saturated heterocycles. The van der Waals surface area contributed by atoms with Crippen LogP contribution in [0.4, 0.5) is 5.69 Å². The second kappa shape index (κ2) is 6.79. The molecule has 1 aromatic carbocycles. The number of aromatic nitrogens is 3. The first kappa shape index (κ1) is 19.3. The zero-order chi connectivity index (χ0) is 20.9. The number of amides is 1. The molecule has 1 fully saturated rings. The summed E-state index contributed by atoms with van der Waals surface area (Å²) in [7, 11) is 0. The summed E-state index contributed by atoms with van der Waals surface area (Å²) in [6.07, 6.45) is 2.21. The quantitative estimate of drug-likeness (QED) is 0.648. The van der Waals surface area contributed by atoms with Gasteiger partial charge in [0.05, 0.1) is 22.2 Å². The summed E-state index contributed by atoms with van der Waals surface area (Å²) in [6.45, 7) is 9.69. The molecule has 3 aromatic rings. The zero-order valence-electron chi connectivity index (χ0n) is 17.5. The first-order valence-electron chi connectivity index (χ1n) is 9.98. The minimum atomic E-state index is -0.238. The lowest BCUT2D eigenvalue weighted by Crippen LogP contribution is -2.23. The molecular weight excluding hydrogens is 364 g/mol. The molecule has 4 rings (SSSR count). The zero-order valence-corrected chi connectivity index (χ0v) is 17.5.